The molecular weight excluding hydrogens is 312 g/mol. The highest BCUT2D eigenvalue weighted by Gasteiger charge is 2.17. The molecule has 0 fully saturated rings. The summed E-state index contributed by atoms with van der Waals surface area (Å²) in [6.07, 6.45) is 2.39. The largest absolute Gasteiger partial charge is 0.350 e. The van der Waals surface area contributed by atoms with Gasteiger partial charge in [0, 0.05) is 18.4 Å². The first-order valence-electron chi connectivity index (χ1n) is 8.54. The van der Waals surface area contributed by atoms with Gasteiger partial charge >= 0.3 is 0 Å². The van der Waals surface area contributed by atoms with Gasteiger partial charge in [0.1, 0.15) is 0 Å². The second-order valence-corrected chi connectivity index (χ2v) is 6.31. The number of aryl methyl sites for hydroxylation is 2. The zero-order chi connectivity index (χ0) is 18.0. The number of benzene rings is 1. The maximum atomic E-state index is 12.6. The summed E-state index contributed by atoms with van der Waals surface area (Å²) in [6, 6.07) is 12.2. The maximum absolute atomic E-state index is 12.6. The van der Waals surface area contributed by atoms with E-state index < -0.39 is 0 Å². The van der Waals surface area contributed by atoms with E-state index in [9.17, 15) is 4.79 Å². The van der Waals surface area contributed by atoms with Crippen LogP contribution < -0.4 is 5.32 Å². The summed E-state index contributed by atoms with van der Waals surface area (Å²) >= 11 is 0. The molecule has 0 aliphatic carbocycles. The number of nitrogens with one attached hydrogen (secondary N) is 1. The van der Waals surface area contributed by atoms with Crippen LogP contribution in [-0.2, 0) is 20.0 Å². The van der Waals surface area contributed by atoms with Gasteiger partial charge in [0.15, 0.2) is 0 Å². The minimum absolute atomic E-state index is 0.0888. The first kappa shape index (κ1) is 17.0. The van der Waals surface area contributed by atoms with Gasteiger partial charge < -0.3 is 9.88 Å². The van der Waals surface area contributed by atoms with Crippen LogP contribution in [0.15, 0.2) is 42.6 Å². The van der Waals surface area contributed by atoms with Crippen LogP contribution in [0, 0.1) is 13.8 Å². The molecule has 130 valence electrons. The van der Waals surface area contributed by atoms with Crippen molar-refractivity contribution in [2.75, 3.05) is 0 Å². The van der Waals surface area contributed by atoms with Crippen molar-refractivity contribution in [3.8, 4) is 5.69 Å². The molecule has 3 aromatic rings. The van der Waals surface area contributed by atoms with Gasteiger partial charge in [-0.1, -0.05) is 24.6 Å². The molecule has 0 radical (unpaired) electrons. The van der Waals surface area contributed by atoms with Crippen molar-refractivity contribution in [3.05, 3.63) is 70.8 Å². The van der Waals surface area contributed by atoms with E-state index in [1.54, 1.807) is 6.20 Å². The van der Waals surface area contributed by atoms with Crippen LogP contribution in [0.5, 0.6) is 0 Å². The molecule has 1 aromatic carbocycles. The number of nitrogens with zero attached hydrogens (tertiary/aromatic N) is 3. The van der Waals surface area contributed by atoms with Crippen LogP contribution in [0.4, 0.5) is 0 Å². The summed E-state index contributed by atoms with van der Waals surface area (Å²) in [5.74, 6) is -0.0888. The maximum Gasteiger partial charge on any atom is 0.255 e. The lowest BCUT2D eigenvalue weighted by atomic mass is 10.1. The number of hydrogen-bond donors (Lipinski definition) is 1. The number of rotatable bonds is 5. The monoisotopic (exact) mass is 336 g/mol. The smallest absolute Gasteiger partial charge is 0.255 e. The summed E-state index contributed by atoms with van der Waals surface area (Å²) in [7, 11) is 2.00. The molecule has 0 spiro atoms. The molecule has 5 nitrogen and oxygen atoms in total. The molecule has 1 N–H and O–H groups in total. The Morgan fingerprint density at radius 3 is 2.44 bits per heavy atom. The van der Waals surface area contributed by atoms with Crippen LogP contribution >= 0.6 is 0 Å². The molecule has 5 heteroatoms. The van der Waals surface area contributed by atoms with Gasteiger partial charge in [0.2, 0.25) is 0 Å². The summed E-state index contributed by atoms with van der Waals surface area (Å²) in [6.45, 7) is 6.64. The van der Waals surface area contributed by atoms with Crippen molar-refractivity contribution in [1.29, 1.82) is 0 Å². The molecule has 25 heavy (non-hydrogen) atoms. The van der Waals surface area contributed by atoms with Crippen LogP contribution in [0.25, 0.3) is 5.69 Å². The third-order valence-corrected chi connectivity index (χ3v) is 4.63. The minimum Gasteiger partial charge on any atom is -0.350 e. The molecule has 0 bridgehead atoms. The predicted octanol–water partition coefficient (Wildman–Crippen LogP) is 3.32. The van der Waals surface area contributed by atoms with E-state index >= 15 is 0 Å². The minimum atomic E-state index is -0.0888. The van der Waals surface area contributed by atoms with E-state index in [2.05, 4.69) is 21.9 Å². The molecule has 2 aromatic heterocycles. The molecule has 0 atom stereocenters. The van der Waals surface area contributed by atoms with Crippen molar-refractivity contribution in [2.45, 2.75) is 33.7 Å². The number of carbonyl (C=O) groups is 1. The van der Waals surface area contributed by atoms with Gasteiger partial charge in [-0.15, -0.1) is 0 Å². The Morgan fingerprint density at radius 2 is 1.84 bits per heavy atom. The molecule has 0 saturated heterocycles. The first-order valence-corrected chi connectivity index (χ1v) is 8.54. The van der Waals surface area contributed by atoms with Gasteiger partial charge in [-0.05, 0) is 44.5 Å². The molecule has 0 unspecified atom stereocenters. The Morgan fingerprint density at radius 1 is 1.12 bits per heavy atom. The molecule has 0 saturated carbocycles. The van der Waals surface area contributed by atoms with Crippen molar-refractivity contribution in [2.24, 2.45) is 7.05 Å². The van der Waals surface area contributed by atoms with E-state index in [0.717, 1.165) is 23.5 Å². The number of amides is 1. The average molecular weight is 336 g/mol. The van der Waals surface area contributed by atoms with Crippen molar-refractivity contribution in [3.63, 3.8) is 0 Å². The fourth-order valence-electron chi connectivity index (χ4n) is 2.92. The van der Waals surface area contributed by atoms with E-state index in [4.69, 9.17) is 0 Å². The lowest BCUT2D eigenvalue weighted by Gasteiger charge is -2.10. The standard InChI is InChI=1S/C20H24N4O/c1-5-19-18(13-22-24(19)16-9-6-14(2)7-10-16)20(25)21-12-17-11-8-15(3)23(17)4/h6-11,13H,5,12H2,1-4H3,(H,21,25). The fraction of sp³-hybridized carbons (Fsp3) is 0.300. The topological polar surface area (TPSA) is 51.9 Å². The highest BCUT2D eigenvalue weighted by atomic mass is 16.1. The van der Waals surface area contributed by atoms with Crippen LogP contribution in [-0.4, -0.2) is 20.3 Å². The molecule has 0 aliphatic heterocycles. The molecular formula is C20H24N4O. The van der Waals surface area contributed by atoms with Crippen LogP contribution in [0.3, 0.4) is 0 Å². The summed E-state index contributed by atoms with van der Waals surface area (Å²) < 4.78 is 3.93. The van der Waals surface area contributed by atoms with Crippen molar-refractivity contribution < 1.29 is 4.79 Å². The summed E-state index contributed by atoms with van der Waals surface area (Å²) in [5, 5.41) is 7.44. The molecule has 3 rings (SSSR count). The number of hydrogen-bond acceptors (Lipinski definition) is 2. The molecule has 0 aliphatic rings. The zero-order valence-corrected chi connectivity index (χ0v) is 15.2. The zero-order valence-electron chi connectivity index (χ0n) is 15.2. The molecule has 2 heterocycles. The lowest BCUT2D eigenvalue weighted by Crippen LogP contribution is -2.25. The second-order valence-electron chi connectivity index (χ2n) is 6.31. The quantitative estimate of drug-likeness (QED) is 0.777. The Kier molecular flexibility index (Phi) is 4.74. The van der Waals surface area contributed by atoms with E-state index in [0.29, 0.717) is 12.1 Å². The van der Waals surface area contributed by atoms with E-state index in [-0.39, 0.29) is 5.91 Å². The fourth-order valence-corrected chi connectivity index (χ4v) is 2.92. The highest BCUT2D eigenvalue weighted by molar-refractivity contribution is 5.95. The SMILES string of the molecule is CCc1c(C(=O)NCc2ccc(C)n2C)cnn1-c1ccc(C)cc1. The van der Waals surface area contributed by atoms with E-state index in [1.807, 2.05) is 62.0 Å². The van der Waals surface area contributed by atoms with Crippen LogP contribution in [0.2, 0.25) is 0 Å². The summed E-state index contributed by atoms with van der Waals surface area (Å²) in [5.41, 5.74) is 5.98. The number of aromatic nitrogens is 3. The lowest BCUT2D eigenvalue weighted by molar-refractivity contribution is 0.0949. The average Bonchev–Trinajstić information content (AvgIpc) is 3.18. The molecule has 1 amide bonds. The third-order valence-electron chi connectivity index (χ3n) is 4.63. The van der Waals surface area contributed by atoms with Gasteiger partial charge in [-0.2, -0.15) is 5.10 Å². The Bertz CT molecular complexity index is 887. The highest BCUT2D eigenvalue weighted by Crippen LogP contribution is 2.17. The van der Waals surface area contributed by atoms with Gasteiger partial charge in [-0.25, -0.2) is 4.68 Å². The van der Waals surface area contributed by atoms with Crippen LogP contribution in [0.1, 0.15) is 39.9 Å². The third kappa shape index (κ3) is 3.36. The normalized spacial score (nSPS) is 10.9. The Hall–Kier alpha value is -2.82. The first-order chi connectivity index (χ1) is 12.0. The van der Waals surface area contributed by atoms with Crippen molar-refractivity contribution in [1.82, 2.24) is 19.7 Å². The second kappa shape index (κ2) is 6.97. The van der Waals surface area contributed by atoms with Gasteiger partial charge in [0.05, 0.1) is 29.7 Å². The van der Waals surface area contributed by atoms with Gasteiger partial charge in [-0.3, -0.25) is 4.79 Å². The van der Waals surface area contributed by atoms with E-state index in [1.165, 1.54) is 11.3 Å². The Labute approximate surface area is 148 Å². The number of carbonyl (C=O) groups excluding carboxylic acids is 1. The Balaban J connectivity index is 1.81. The van der Waals surface area contributed by atoms with Crippen molar-refractivity contribution >= 4 is 5.91 Å². The summed E-state index contributed by atoms with van der Waals surface area (Å²) in [4.78, 5) is 12.6. The van der Waals surface area contributed by atoms with Gasteiger partial charge in [0.25, 0.3) is 5.91 Å². The predicted molar refractivity (Wildman–Crippen MR) is 99.0 cm³/mol.